The third-order valence-corrected chi connectivity index (χ3v) is 6.41. The van der Waals surface area contributed by atoms with Crippen molar-refractivity contribution in [1.29, 1.82) is 0 Å². The summed E-state index contributed by atoms with van der Waals surface area (Å²) in [5.74, 6) is 0. The maximum absolute atomic E-state index is 12.4. The Morgan fingerprint density at radius 1 is 1.35 bits per heavy atom. The number of nitrogens with zero attached hydrogens (tertiary/aromatic N) is 4. The fourth-order valence-corrected chi connectivity index (χ4v) is 4.69. The largest absolute Gasteiger partial charge is 0.263 e. The van der Waals surface area contributed by atoms with Crippen molar-refractivity contribution < 1.29 is 8.42 Å². The third-order valence-electron chi connectivity index (χ3n) is 2.70. The molecule has 0 spiro atoms. The van der Waals surface area contributed by atoms with Gasteiger partial charge in [-0.15, -0.1) is 5.10 Å². The van der Waals surface area contributed by atoms with Gasteiger partial charge in [-0.1, -0.05) is 21.1 Å². The van der Waals surface area contributed by atoms with Crippen molar-refractivity contribution in [2.24, 2.45) is 7.05 Å². The van der Waals surface area contributed by atoms with Gasteiger partial charge in [0.05, 0.1) is 0 Å². The van der Waals surface area contributed by atoms with E-state index >= 15 is 0 Å². The van der Waals surface area contributed by atoms with Crippen LogP contribution in [0.4, 0.5) is 0 Å². The van der Waals surface area contributed by atoms with E-state index in [0.717, 1.165) is 12.8 Å². The van der Waals surface area contributed by atoms with E-state index in [1.54, 1.807) is 7.05 Å². The number of aromatic nitrogens is 3. The van der Waals surface area contributed by atoms with Crippen LogP contribution in [0.3, 0.4) is 0 Å². The fraction of sp³-hybridized carbons (Fsp3) is 0.750. The number of piperidine rings is 1. The molecule has 0 bridgehead atoms. The van der Waals surface area contributed by atoms with E-state index in [4.69, 9.17) is 0 Å². The predicted molar refractivity (Wildman–Crippen MR) is 69.4 cm³/mol. The molecule has 2 heterocycles. The van der Waals surface area contributed by atoms with Crippen molar-refractivity contribution in [3.8, 4) is 0 Å². The van der Waals surface area contributed by atoms with Crippen LogP contribution in [-0.2, 0) is 17.1 Å². The minimum Gasteiger partial charge on any atom is -0.235 e. The van der Waals surface area contributed by atoms with Crippen molar-refractivity contribution >= 4 is 41.9 Å². The van der Waals surface area contributed by atoms with Crippen LogP contribution in [0.5, 0.6) is 0 Å². The third kappa shape index (κ3) is 2.56. The number of rotatable bonds is 2. The topological polar surface area (TPSA) is 68.1 Å². The van der Waals surface area contributed by atoms with Crippen molar-refractivity contribution in [1.82, 2.24) is 19.3 Å². The first-order valence-corrected chi connectivity index (χ1v) is 8.27. The average Bonchev–Trinajstić information content (AvgIpc) is 2.59. The maximum Gasteiger partial charge on any atom is 0.263 e. The quantitative estimate of drug-likeness (QED) is 0.713. The van der Waals surface area contributed by atoms with Crippen molar-refractivity contribution in [3.63, 3.8) is 0 Å². The zero-order valence-corrected chi connectivity index (χ0v) is 13.2. The Morgan fingerprint density at radius 2 is 1.94 bits per heavy atom. The van der Waals surface area contributed by atoms with E-state index in [1.807, 2.05) is 0 Å². The van der Waals surface area contributed by atoms with Crippen LogP contribution >= 0.6 is 31.9 Å². The van der Waals surface area contributed by atoms with Gasteiger partial charge in [-0.25, -0.2) is 13.1 Å². The molecule has 0 amide bonds. The minimum absolute atomic E-state index is 0.116. The van der Waals surface area contributed by atoms with Crippen LogP contribution < -0.4 is 0 Å². The van der Waals surface area contributed by atoms with Gasteiger partial charge in [-0.3, -0.25) is 0 Å². The van der Waals surface area contributed by atoms with E-state index in [-0.39, 0.29) is 9.63 Å². The molecule has 1 aliphatic heterocycles. The number of sulfonamides is 1. The van der Waals surface area contributed by atoms with Crippen LogP contribution in [0.15, 0.2) is 9.63 Å². The van der Waals surface area contributed by atoms with E-state index < -0.39 is 10.0 Å². The molecule has 0 N–H and O–H groups in total. The van der Waals surface area contributed by atoms with Gasteiger partial charge in [-0.2, -0.15) is 4.31 Å². The Labute approximate surface area is 117 Å². The molecule has 17 heavy (non-hydrogen) atoms. The van der Waals surface area contributed by atoms with Gasteiger partial charge >= 0.3 is 0 Å². The Kier molecular flexibility index (Phi) is 3.91. The summed E-state index contributed by atoms with van der Waals surface area (Å²) in [6, 6.07) is 0. The lowest BCUT2D eigenvalue weighted by Gasteiger charge is -2.28. The van der Waals surface area contributed by atoms with E-state index in [0.29, 0.717) is 17.9 Å². The van der Waals surface area contributed by atoms with E-state index in [1.165, 1.54) is 8.99 Å². The highest BCUT2D eigenvalue weighted by atomic mass is 79.9. The van der Waals surface area contributed by atoms with Gasteiger partial charge in [-0.05, 0) is 28.8 Å². The van der Waals surface area contributed by atoms with Crippen molar-refractivity contribution in [2.75, 3.05) is 13.1 Å². The smallest absolute Gasteiger partial charge is 0.235 e. The monoisotopic (exact) mass is 386 g/mol. The summed E-state index contributed by atoms with van der Waals surface area (Å²) in [5.41, 5.74) is 0. The Morgan fingerprint density at radius 3 is 2.41 bits per heavy atom. The fourth-order valence-electron chi connectivity index (χ4n) is 1.78. The van der Waals surface area contributed by atoms with Crippen LogP contribution in [0, 0.1) is 0 Å². The summed E-state index contributed by atoms with van der Waals surface area (Å²) in [5, 5.41) is 7.52. The number of halogens is 2. The Hall–Kier alpha value is 0.01000. The van der Waals surface area contributed by atoms with Crippen molar-refractivity contribution in [3.05, 3.63) is 4.60 Å². The van der Waals surface area contributed by atoms with Crippen molar-refractivity contribution in [2.45, 2.75) is 22.7 Å². The van der Waals surface area contributed by atoms with Gasteiger partial charge in [0.1, 0.15) is 0 Å². The first-order valence-electron chi connectivity index (χ1n) is 5.12. The minimum atomic E-state index is -3.50. The van der Waals surface area contributed by atoms with Crippen LogP contribution in [-0.4, -0.2) is 45.6 Å². The maximum atomic E-state index is 12.4. The summed E-state index contributed by atoms with van der Waals surface area (Å²) in [6.45, 7) is 1.05. The zero-order valence-electron chi connectivity index (χ0n) is 9.18. The van der Waals surface area contributed by atoms with E-state index in [2.05, 4.69) is 42.2 Å². The average molecular weight is 388 g/mol. The lowest BCUT2D eigenvalue weighted by molar-refractivity contribution is 0.351. The Bertz CT molecular complexity index is 488. The SMILES string of the molecule is Cn1nnc(Br)c1S(=O)(=O)N1CCC(Br)CC1. The number of hydrogen-bond donors (Lipinski definition) is 0. The molecular formula is C8H12Br2N4O2S. The second kappa shape index (κ2) is 4.94. The predicted octanol–water partition coefficient (Wildman–Crippen LogP) is 1.13. The molecule has 6 nitrogen and oxygen atoms in total. The highest BCUT2D eigenvalue weighted by Gasteiger charge is 2.33. The van der Waals surface area contributed by atoms with Gasteiger partial charge in [0.15, 0.2) is 4.60 Å². The Balaban J connectivity index is 2.31. The number of alkyl halides is 1. The molecular weight excluding hydrogens is 376 g/mol. The number of aryl methyl sites for hydroxylation is 1. The van der Waals surface area contributed by atoms with Gasteiger partial charge in [0.25, 0.3) is 10.0 Å². The molecule has 0 aromatic carbocycles. The molecule has 1 saturated heterocycles. The van der Waals surface area contributed by atoms with Crippen LogP contribution in [0.1, 0.15) is 12.8 Å². The molecule has 2 rings (SSSR count). The molecule has 9 heteroatoms. The second-order valence-electron chi connectivity index (χ2n) is 3.89. The molecule has 0 unspecified atom stereocenters. The second-order valence-corrected chi connectivity index (χ2v) is 7.79. The molecule has 1 fully saturated rings. The molecule has 1 aromatic heterocycles. The van der Waals surface area contributed by atoms with Crippen LogP contribution in [0.2, 0.25) is 0 Å². The molecule has 1 aromatic rings. The highest BCUT2D eigenvalue weighted by Crippen LogP contribution is 2.26. The summed E-state index contributed by atoms with van der Waals surface area (Å²) >= 11 is 6.62. The molecule has 0 aliphatic carbocycles. The first-order chi connectivity index (χ1) is 7.93. The summed E-state index contributed by atoms with van der Waals surface area (Å²) in [7, 11) is -1.93. The lowest BCUT2D eigenvalue weighted by atomic mass is 10.2. The van der Waals surface area contributed by atoms with Gasteiger partial charge in [0, 0.05) is 25.0 Å². The first kappa shape index (κ1) is 13.4. The molecule has 0 radical (unpaired) electrons. The molecule has 1 aliphatic rings. The van der Waals surface area contributed by atoms with Gasteiger partial charge < -0.3 is 0 Å². The summed E-state index contributed by atoms with van der Waals surface area (Å²) in [6.07, 6.45) is 1.64. The zero-order chi connectivity index (χ0) is 12.6. The highest BCUT2D eigenvalue weighted by molar-refractivity contribution is 9.10. The standard InChI is InChI=1S/C8H12Br2N4O2S/c1-13-8(7(10)11-12-13)17(15,16)14-4-2-6(9)3-5-14/h6H,2-5H2,1H3. The lowest BCUT2D eigenvalue weighted by Crippen LogP contribution is -2.39. The normalized spacial score (nSPS) is 19.7. The summed E-state index contributed by atoms with van der Waals surface area (Å²) in [4.78, 5) is 0.405. The molecule has 0 saturated carbocycles. The van der Waals surface area contributed by atoms with Gasteiger partial charge in [0.2, 0.25) is 5.03 Å². The van der Waals surface area contributed by atoms with E-state index in [9.17, 15) is 8.42 Å². The summed E-state index contributed by atoms with van der Waals surface area (Å²) < 4.78 is 27.8. The van der Waals surface area contributed by atoms with Crippen LogP contribution in [0.25, 0.3) is 0 Å². The number of hydrogen-bond acceptors (Lipinski definition) is 4. The molecule has 96 valence electrons. The molecule has 0 atom stereocenters.